The van der Waals surface area contributed by atoms with E-state index in [1.54, 1.807) is 6.92 Å². The predicted octanol–water partition coefficient (Wildman–Crippen LogP) is -1.71. The fourth-order valence-electron chi connectivity index (χ4n) is 2.29. The van der Waals surface area contributed by atoms with Crippen LogP contribution in [0.5, 0.6) is 0 Å². The van der Waals surface area contributed by atoms with Crippen LogP contribution in [0.3, 0.4) is 0 Å². The van der Waals surface area contributed by atoms with Gasteiger partial charge in [0.15, 0.2) is 0 Å². The monoisotopic (exact) mass is 324 g/mol. The Morgan fingerprint density at radius 3 is 3.00 bits per heavy atom. The molecule has 126 valence electrons. The second kappa shape index (κ2) is 6.90. The molecule has 4 atom stereocenters. The highest BCUT2D eigenvalue weighted by molar-refractivity contribution is 5.80. The van der Waals surface area contributed by atoms with Crippen LogP contribution in [0.15, 0.2) is 22.4 Å². The largest absolute Gasteiger partial charge is 0.390 e. The van der Waals surface area contributed by atoms with Crippen LogP contribution in [0.1, 0.15) is 25.1 Å². The second-order valence-electron chi connectivity index (χ2n) is 5.42. The third kappa shape index (κ3) is 3.76. The summed E-state index contributed by atoms with van der Waals surface area (Å²) in [6, 6.07) is -0.665. The highest BCUT2D eigenvalue weighted by atomic mass is 16.5. The van der Waals surface area contributed by atoms with Gasteiger partial charge in [0.05, 0.1) is 17.7 Å². The first-order chi connectivity index (χ1) is 10.8. The standard InChI is InChI=1S/C14H20N4O5/c1-3-8-6-18(14(22)17-13(8)21)11-4-9(19)10(23-11)5-16-12(20)7(2)15/h3,6-7,9-11,19H,1,4-5,15H2,2H3,(H,16,20)(H,17,21,22)/t7-,9-,10+,11+/m0/s1. The highest BCUT2D eigenvalue weighted by Crippen LogP contribution is 2.27. The van der Waals surface area contributed by atoms with Gasteiger partial charge in [-0.3, -0.25) is 19.1 Å². The van der Waals surface area contributed by atoms with Gasteiger partial charge in [-0.05, 0) is 6.92 Å². The Kier molecular flexibility index (Phi) is 5.14. The summed E-state index contributed by atoms with van der Waals surface area (Å²) in [7, 11) is 0. The first kappa shape index (κ1) is 17.1. The molecule has 1 aliphatic heterocycles. The number of nitrogens with zero attached hydrogens (tertiary/aromatic N) is 1. The number of carbonyl (C=O) groups is 1. The molecule has 0 unspecified atom stereocenters. The maximum Gasteiger partial charge on any atom is 0.330 e. The van der Waals surface area contributed by atoms with Crippen LogP contribution in [0.25, 0.3) is 6.08 Å². The lowest BCUT2D eigenvalue weighted by Crippen LogP contribution is -2.43. The van der Waals surface area contributed by atoms with Crippen molar-refractivity contribution in [3.63, 3.8) is 0 Å². The summed E-state index contributed by atoms with van der Waals surface area (Å²) >= 11 is 0. The summed E-state index contributed by atoms with van der Waals surface area (Å²) in [5.41, 5.74) is 4.47. The van der Waals surface area contributed by atoms with Gasteiger partial charge in [0.2, 0.25) is 5.91 Å². The normalized spacial score (nSPS) is 25.1. The fraction of sp³-hybridized carbons (Fsp3) is 0.500. The van der Waals surface area contributed by atoms with Crippen LogP contribution in [0, 0.1) is 0 Å². The summed E-state index contributed by atoms with van der Waals surface area (Å²) < 4.78 is 6.80. The maximum atomic E-state index is 11.9. The highest BCUT2D eigenvalue weighted by Gasteiger charge is 2.35. The SMILES string of the molecule is C=Cc1cn([C@H]2C[C@H](O)[C@@H](CNC(=O)[C@H](C)N)O2)c(=O)[nH]c1=O. The van der Waals surface area contributed by atoms with Crippen molar-refractivity contribution in [2.75, 3.05) is 6.54 Å². The van der Waals surface area contributed by atoms with E-state index in [4.69, 9.17) is 10.5 Å². The lowest BCUT2D eigenvalue weighted by molar-refractivity contribution is -0.123. The first-order valence-corrected chi connectivity index (χ1v) is 7.18. The van der Waals surface area contributed by atoms with E-state index in [-0.39, 0.29) is 24.4 Å². The molecule has 0 spiro atoms. The number of nitrogens with two attached hydrogens (primary N) is 1. The van der Waals surface area contributed by atoms with Crippen LogP contribution < -0.4 is 22.3 Å². The molecular formula is C14H20N4O5. The smallest absolute Gasteiger partial charge is 0.330 e. The number of rotatable bonds is 5. The van der Waals surface area contributed by atoms with Crippen LogP contribution >= 0.6 is 0 Å². The topological polar surface area (TPSA) is 139 Å². The van der Waals surface area contributed by atoms with E-state index in [0.717, 1.165) is 0 Å². The number of amides is 1. The zero-order chi connectivity index (χ0) is 17.1. The van der Waals surface area contributed by atoms with Crippen molar-refractivity contribution in [2.45, 2.75) is 37.8 Å². The Hall–Kier alpha value is -2.23. The van der Waals surface area contributed by atoms with E-state index in [0.29, 0.717) is 0 Å². The minimum atomic E-state index is -0.862. The van der Waals surface area contributed by atoms with Gasteiger partial charge in [0.25, 0.3) is 5.56 Å². The van der Waals surface area contributed by atoms with Crippen LogP contribution in [-0.2, 0) is 9.53 Å². The van der Waals surface area contributed by atoms with E-state index in [1.165, 1.54) is 16.8 Å². The average Bonchev–Trinajstić information content (AvgIpc) is 2.85. The fourth-order valence-corrected chi connectivity index (χ4v) is 2.29. The molecule has 23 heavy (non-hydrogen) atoms. The minimum Gasteiger partial charge on any atom is -0.390 e. The van der Waals surface area contributed by atoms with Gasteiger partial charge < -0.3 is 20.9 Å². The molecule has 9 heteroatoms. The van der Waals surface area contributed by atoms with Gasteiger partial charge in [0.1, 0.15) is 12.3 Å². The van der Waals surface area contributed by atoms with Crippen LogP contribution in [0.2, 0.25) is 0 Å². The number of H-pyrrole nitrogens is 1. The van der Waals surface area contributed by atoms with Gasteiger partial charge in [-0.15, -0.1) is 0 Å². The van der Waals surface area contributed by atoms with E-state index in [1.807, 2.05) is 0 Å². The Bertz CT molecular complexity index is 708. The Morgan fingerprint density at radius 2 is 2.39 bits per heavy atom. The molecule has 5 N–H and O–H groups in total. The molecule has 0 saturated carbocycles. The molecule has 9 nitrogen and oxygen atoms in total. The number of aromatic nitrogens is 2. The van der Waals surface area contributed by atoms with Crippen molar-refractivity contribution in [3.05, 3.63) is 39.2 Å². The first-order valence-electron chi connectivity index (χ1n) is 7.18. The summed E-state index contributed by atoms with van der Waals surface area (Å²) in [6.45, 7) is 5.12. The van der Waals surface area contributed by atoms with Gasteiger partial charge in [-0.25, -0.2) is 4.79 Å². The van der Waals surface area contributed by atoms with E-state index in [2.05, 4.69) is 16.9 Å². The van der Waals surface area contributed by atoms with Crippen LogP contribution in [0.4, 0.5) is 0 Å². The van der Waals surface area contributed by atoms with Crippen molar-refractivity contribution in [1.82, 2.24) is 14.9 Å². The lowest BCUT2D eigenvalue weighted by atomic mass is 10.1. The zero-order valence-corrected chi connectivity index (χ0v) is 12.7. The van der Waals surface area contributed by atoms with Crippen molar-refractivity contribution in [1.29, 1.82) is 0 Å². The Balaban J connectivity index is 2.12. The maximum absolute atomic E-state index is 11.9. The Morgan fingerprint density at radius 1 is 1.70 bits per heavy atom. The molecule has 0 bridgehead atoms. The van der Waals surface area contributed by atoms with E-state index >= 15 is 0 Å². The molecule has 2 rings (SSSR count). The third-order valence-electron chi connectivity index (χ3n) is 3.62. The minimum absolute atomic E-state index is 0.0739. The summed E-state index contributed by atoms with van der Waals surface area (Å²) in [5, 5.41) is 12.6. The second-order valence-corrected chi connectivity index (χ2v) is 5.42. The number of aromatic amines is 1. The third-order valence-corrected chi connectivity index (χ3v) is 3.62. The molecule has 1 aliphatic rings. The summed E-state index contributed by atoms with van der Waals surface area (Å²) in [6.07, 6.45) is 0.522. The molecule has 1 aromatic heterocycles. The molecule has 0 radical (unpaired) electrons. The van der Waals surface area contributed by atoms with Crippen molar-refractivity contribution < 1.29 is 14.6 Å². The van der Waals surface area contributed by atoms with Crippen molar-refractivity contribution >= 4 is 12.0 Å². The molecule has 1 saturated heterocycles. The lowest BCUT2D eigenvalue weighted by Gasteiger charge is -2.17. The average molecular weight is 324 g/mol. The molecule has 2 heterocycles. The number of hydrogen-bond acceptors (Lipinski definition) is 6. The zero-order valence-electron chi connectivity index (χ0n) is 12.7. The molecular weight excluding hydrogens is 304 g/mol. The van der Waals surface area contributed by atoms with E-state index < -0.39 is 35.7 Å². The quantitative estimate of drug-likeness (QED) is 0.508. The van der Waals surface area contributed by atoms with Crippen molar-refractivity contribution in [3.8, 4) is 0 Å². The van der Waals surface area contributed by atoms with Crippen molar-refractivity contribution in [2.24, 2.45) is 5.73 Å². The molecule has 1 amide bonds. The molecule has 0 aromatic carbocycles. The van der Waals surface area contributed by atoms with Gasteiger partial charge >= 0.3 is 5.69 Å². The van der Waals surface area contributed by atoms with Gasteiger partial charge in [-0.2, -0.15) is 0 Å². The van der Waals surface area contributed by atoms with Gasteiger partial charge in [0, 0.05) is 19.2 Å². The molecule has 1 aromatic rings. The predicted molar refractivity (Wildman–Crippen MR) is 82.6 cm³/mol. The molecule has 0 aliphatic carbocycles. The van der Waals surface area contributed by atoms with Crippen LogP contribution in [-0.4, -0.2) is 45.4 Å². The van der Waals surface area contributed by atoms with Gasteiger partial charge in [-0.1, -0.05) is 12.7 Å². The number of nitrogens with one attached hydrogen (secondary N) is 2. The number of aliphatic hydroxyl groups is 1. The Labute approximate surface area is 131 Å². The number of hydrogen-bond donors (Lipinski definition) is 4. The number of ether oxygens (including phenoxy) is 1. The summed E-state index contributed by atoms with van der Waals surface area (Å²) in [4.78, 5) is 37.0. The number of carbonyl (C=O) groups excluding carboxylic acids is 1. The molecule has 1 fully saturated rings. The van der Waals surface area contributed by atoms with E-state index in [9.17, 15) is 19.5 Å². The number of aliphatic hydroxyl groups excluding tert-OH is 1. The summed E-state index contributed by atoms with van der Waals surface area (Å²) in [5.74, 6) is -0.362.